The quantitative estimate of drug-likeness (QED) is 0.827. The Labute approximate surface area is 141 Å². The van der Waals surface area contributed by atoms with Gasteiger partial charge in [0.05, 0.1) is 12.6 Å². The lowest BCUT2D eigenvalue weighted by molar-refractivity contribution is -1.03. The lowest BCUT2D eigenvalue weighted by Gasteiger charge is -2.37. The number of nitrogens with one attached hydrogen (secondary N) is 2. The Morgan fingerprint density at radius 1 is 1.04 bits per heavy atom. The third kappa shape index (κ3) is 4.71. The fourth-order valence-corrected chi connectivity index (χ4v) is 4.47. The summed E-state index contributed by atoms with van der Waals surface area (Å²) in [5.41, 5.74) is 1.44. The third-order valence-electron chi connectivity index (χ3n) is 5.80. The number of ether oxygens (including phenoxy) is 1. The number of hydrogen-bond donors (Lipinski definition) is 2. The van der Waals surface area contributed by atoms with Gasteiger partial charge in [0, 0.05) is 12.0 Å². The van der Waals surface area contributed by atoms with Crippen molar-refractivity contribution in [1.82, 2.24) is 0 Å². The van der Waals surface area contributed by atoms with Gasteiger partial charge in [-0.3, -0.25) is 0 Å². The van der Waals surface area contributed by atoms with Crippen molar-refractivity contribution in [2.45, 2.75) is 52.1 Å². The smallest absolute Gasteiger partial charge is 0.127 e. The fraction of sp³-hybridized carbons (Fsp3) is 0.700. The minimum absolute atomic E-state index is 0.745. The Balaban J connectivity index is 1.45. The molecule has 1 saturated heterocycles. The van der Waals surface area contributed by atoms with E-state index >= 15 is 0 Å². The van der Waals surface area contributed by atoms with Crippen molar-refractivity contribution in [2.75, 3.05) is 32.8 Å². The zero-order chi connectivity index (χ0) is 16.1. The topological polar surface area (TPSA) is 18.1 Å². The molecule has 1 saturated carbocycles. The normalized spacial score (nSPS) is 31.7. The van der Waals surface area contributed by atoms with Crippen LogP contribution in [0.15, 0.2) is 24.3 Å². The van der Waals surface area contributed by atoms with Crippen LogP contribution >= 0.6 is 0 Å². The molecule has 1 aliphatic heterocycles. The van der Waals surface area contributed by atoms with E-state index in [1.54, 1.807) is 4.90 Å². The minimum Gasteiger partial charge on any atom is -0.494 e. The molecule has 1 aliphatic carbocycles. The molecule has 2 atom stereocenters. The molecule has 2 fully saturated rings. The van der Waals surface area contributed by atoms with Crippen LogP contribution in [0.25, 0.3) is 0 Å². The Hall–Kier alpha value is -1.06. The molecule has 1 heterocycles. The zero-order valence-corrected chi connectivity index (χ0v) is 14.9. The lowest BCUT2D eigenvalue weighted by atomic mass is 9.86. The molecule has 1 aromatic carbocycles. The van der Waals surface area contributed by atoms with Gasteiger partial charge < -0.3 is 14.5 Å². The van der Waals surface area contributed by atoms with Gasteiger partial charge in [-0.25, -0.2) is 0 Å². The van der Waals surface area contributed by atoms with E-state index in [2.05, 4.69) is 31.2 Å². The van der Waals surface area contributed by atoms with Crippen LogP contribution in [-0.2, 0) is 6.54 Å². The summed E-state index contributed by atoms with van der Waals surface area (Å²) in [6.45, 7) is 11.8. The van der Waals surface area contributed by atoms with Gasteiger partial charge in [-0.05, 0) is 49.9 Å². The molecule has 128 valence electrons. The molecule has 0 amide bonds. The fourth-order valence-electron chi connectivity index (χ4n) is 4.47. The molecule has 3 rings (SSSR count). The van der Waals surface area contributed by atoms with Crippen LogP contribution in [-0.4, -0.2) is 38.8 Å². The van der Waals surface area contributed by atoms with Gasteiger partial charge in [0.15, 0.2) is 0 Å². The van der Waals surface area contributed by atoms with Crippen molar-refractivity contribution < 1.29 is 14.5 Å². The van der Waals surface area contributed by atoms with Gasteiger partial charge in [-0.1, -0.05) is 13.3 Å². The standard InChI is InChI=1S/C20H32N2O/c1-3-23-20-9-7-18(8-10-20)16-21-11-13-22(14-12-21)19-6-4-5-17(2)15-19/h7-10,17,19H,3-6,11-16H2,1-2H3/p+2/t17-,19-/m1/s1. The molecule has 0 spiro atoms. The number of benzene rings is 1. The predicted molar refractivity (Wildman–Crippen MR) is 94.1 cm³/mol. The van der Waals surface area contributed by atoms with Crippen LogP contribution in [0, 0.1) is 5.92 Å². The first-order chi connectivity index (χ1) is 11.2. The first-order valence-electron chi connectivity index (χ1n) is 9.64. The van der Waals surface area contributed by atoms with Crippen LogP contribution in [0.2, 0.25) is 0 Å². The van der Waals surface area contributed by atoms with Gasteiger partial charge in [-0.2, -0.15) is 0 Å². The Morgan fingerprint density at radius 2 is 1.78 bits per heavy atom. The molecule has 23 heavy (non-hydrogen) atoms. The number of rotatable bonds is 5. The first kappa shape index (κ1) is 16.8. The Kier molecular flexibility index (Phi) is 5.96. The number of piperazine rings is 1. The predicted octanol–water partition coefficient (Wildman–Crippen LogP) is 0.947. The highest BCUT2D eigenvalue weighted by molar-refractivity contribution is 5.26. The van der Waals surface area contributed by atoms with Gasteiger partial charge in [0.1, 0.15) is 38.5 Å². The van der Waals surface area contributed by atoms with Gasteiger partial charge in [0.2, 0.25) is 0 Å². The number of hydrogen-bond acceptors (Lipinski definition) is 1. The molecule has 3 heteroatoms. The van der Waals surface area contributed by atoms with Crippen LogP contribution in [0.3, 0.4) is 0 Å². The van der Waals surface area contributed by atoms with E-state index in [-0.39, 0.29) is 0 Å². The average Bonchev–Trinajstić information content (AvgIpc) is 2.58. The molecule has 1 aromatic rings. The molecule has 0 radical (unpaired) electrons. The molecular formula is C20H34N2O+2. The van der Waals surface area contributed by atoms with E-state index < -0.39 is 0 Å². The van der Waals surface area contributed by atoms with E-state index in [0.29, 0.717) is 0 Å². The second kappa shape index (κ2) is 8.16. The minimum atomic E-state index is 0.745. The summed E-state index contributed by atoms with van der Waals surface area (Å²) < 4.78 is 5.53. The highest BCUT2D eigenvalue weighted by Gasteiger charge is 2.32. The summed E-state index contributed by atoms with van der Waals surface area (Å²) in [4.78, 5) is 3.65. The van der Waals surface area contributed by atoms with Crippen LogP contribution in [0.4, 0.5) is 0 Å². The van der Waals surface area contributed by atoms with Crippen molar-refractivity contribution in [3.05, 3.63) is 29.8 Å². The first-order valence-corrected chi connectivity index (χ1v) is 9.64. The molecule has 2 aliphatic rings. The summed E-state index contributed by atoms with van der Waals surface area (Å²) >= 11 is 0. The van der Waals surface area contributed by atoms with Crippen LogP contribution < -0.4 is 14.5 Å². The maximum absolute atomic E-state index is 5.53. The average molecular weight is 319 g/mol. The maximum Gasteiger partial charge on any atom is 0.127 e. The summed E-state index contributed by atoms with van der Waals surface area (Å²) in [5, 5.41) is 0. The molecule has 2 N–H and O–H groups in total. The summed E-state index contributed by atoms with van der Waals surface area (Å²) in [7, 11) is 0. The van der Waals surface area contributed by atoms with E-state index in [1.165, 1.54) is 64.0 Å². The highest BCUT2D eigenvalue weighted by atomic mass is 16.5. The highest BCUT2D eigenvalue weighted by Crippen LogP contribution is 2.21. The summed E-state index contributed by atoms with van der Waals surface area (Å²) in [5.74, 6) is 1.95. The van der Waals surface area contributed by atoms with Crippen molar-refractivity contribution >= 4 is 0 Å². The van der Waals surface area contributed by atoms with E-state index in [9.17, 15) is 0 Å². The Morgan fingerprint density at radius 3 is 2.43 bits per heavy atom. The Bertz CT molecular complexity index is 465. The molecule has 0 aromatic heterocycles. The van der Waals surface area contributed by atoms with Crippen molar-refractivity contribution in [3.63, 3.8) is 0 Å². The van der Waals surface area contributed by atoms with E-state index in [4.69, 9.17) is 4.74 Å². The largest absolute Gasteiger partial charge is 0.494 e. The second-order valence-electron chi connectivity index (χ2n) is 7.63. The van der Waals surface area contributed by atoms with Crippen molar-refractivity contribution in [1.29, 1.82) is 0 Å². The van der Waals surface area contributed by atoms with E-state index in [0.717, 1.165) is 24.3 Å². The van der Waals surface area contributed by atoms with Crippen molar-refractivity contribution in [2.24, 2.45) is 5.92 Å². The van der Waals surface area contributed by atoms with Gasteiger partial charge >= 0.3 is 0 Å². The second-order valence-corrected chi connectivity index (χ2v) is 7.63. The van der Waals surface area contributed by atoms with Gasteiger partial charge in [-0.15, -0.1) is 0 Å². The number of quaternary nitrogens is 2. The van der Waals surface area contributed by atoms with Crippen molar-refractivity contribution in [3.8, 4) is 5.75 Å². The third-order valence-corrected chi connectivity index (χ3v) is 5.80. The molecule has 0 unspecified atom stereocenters. The molecular weight excluding hydrogens is 284 g/mol. The lowest BCUT2D eigenvalue weighted by Crippen LogP contribution is -3.29. The van der Waals surface area contributed by atoms with E-state index in [1.807, 2.05) is 11.8 Å². The maximum atomic E-state index is 5.53. The monoisotopic (exact) mass is 318 g/mol. The van der Waals surface area contributed by atoms with Crippen LogP contribution in [0.1, 0.15) is 45.1 Å². The van der Waals surface area contributed by atoms with Gasteiger partial charge in [0.25, 0.3) is 0 Å². The summed E-state index contributed by atoms with van der Waals surface area (Å²) in [6.07, 6.45) is 5.84. The summed E-state index contributed by atoms with van der Waals surface area (Å²) in [6, 6.07) is 9.65. The molecule has 3 nitrogen and oxygen atoms in total. The molecule has 0 bridgehead atoms. The zero-order valence-electron chi connectivity index (χ0n) is 14.9. The van der Waals surface area contributed by atoms with Crippen LogP contribution in [0.5, 0.6) is 5.75 Å². The SMILES string of the molecule is CCOc1ccc(C[NH+]2CC[NH+]([C@@H]3CCC[C@@H](C)C3)CC2)cc1.